The van der Waals surface area contributed by atoms with Crippen LogP contribution in [0.4, 0.5) is 17.6 Å². The van der Waals surface area contributed by atoms with E-state index in [1.807, 2.05) is 13.8 Å². The van der Waals surface area contributed by atoms with Crippen LogP contribution in [0.3, 0.4) is 0 Å². The molecule has 1 rings (SSSR count). The molecule has 6 heteroatoms. The number of hydrogen-bond donors (Lipinski definition) is 1. The van der Waals surface area contributed by atoms with Gasteiger partial charge in [-0.25, -0.2) is 4.39 Å². The average molecular weight is 291 g/mol. The van der Waals surface area contributed by atoms with E-state index in [2.05, 4.69) is 5.32 Å². The van der Waals surface area contributed by atoms with E-state index in [0.717, 1.165) is 6.42 Å². The van der Waals surface area contributed by atoms with Crippen molar-refractivity contribution in [3.05, 3.63) is 35.1 Å². The molecule has 1 N–H and O–H groups in total. The van der Waals surface area contributed by atoms with Crippen LogP contribution in [0.5, 0.6) is 0 Å². The fourth-order valence-electron chi connectivity index (χ4n) is 1.68. The molecule has 0 aliphatic carbocycles. The molecule has 0 heterocycles. The minimum atomic E-state index is -4.60. The third-order valence-electron chi connectivity index (χ3n) is 2.78. The summed E-state index contributed by atoms with van der Waals surface area (Å²) < 4.78 is 50.9. The van der Waals surface area contributed by atoms with Gasteiger partial charge in [-0.15, -0.1) is 0 Å². The number of carbonyl (C=O) groups is 1. The normalized spacial score (nSPS) is 11.8. The summed E-state index contributed by atoms with van der Waals surface area (Å²) >= 11 is 0. The van der Waals surface area contributed by atoms with Crippen LogP contribution in [0.25, 0.3) is 0 Å². The van der Waals surface area contributed by atoms with E-state index in [0.29, 0.717) is 37.1 Å². The van der Waals surface area contributed by atoms with Gasteiger partial charge in [0, 0.05) is 6.54 Å². The Hall–Kier alpha value is -1.59. The molecule has 0 aromatic heterocycles. The van der Waals surface area contributed by atoms with Crippen LogP contribution in [-0.2, 0) is 6.18 Å². The molecule has 0 aliphatic rings. The van der Waals surface area contributed by atoms with Gasteiger partial charge in [0.1, 0.15) is 5.82 Å². The highest BCUT2D eigenvalue weighted by Crippen LogP contribution is 2.30. The van der Waals surface area contributed by atoms with E-state index in [4.69, 9.17) is 0 Å². The van der Waals surface area contributed by atoms with Crippen molar-refractivity contribution in [2.75, 3.05) is 6.54 Å². The first kappa shape index (κ1) is 16.5. The zero-order valence-electron chi connectivity index (χ0n) is 11.4. The Bertz CT molecular complexity index is 469. The highest BCUT2D eigenvalue weighted by atomic mass is 19.4. The van der Waals surface area contributed by atoms with Crippen LogP contribution in [0.2, 0.25) is 0 Å². The number of rotatable bonds is 5. The topological polar surface area (TPSA) is 29.1 Å². The van der Waals surface area contributed by atoms with Crippen LogP contribution in [-0.4, -0.2) is 12.5 Å². The number of amides is 1. The third-order valence-corrected chi connectivity index (χ3v) is 2.78. The maximum atomic E-state index is 13.4. The minimum absolute atomic E-state index is 0.312. The van der Waals surface area contributed by atoms with Crippen molar-refractivity contribution in [1.82, 2.24) is 5.32 Å². The highest BCUT2D eigenvalue weighted by Gasteiger charge is 2.31. The fourth-order valence-corrected chi connectivity index (χ4v) is 1.68. The number of nitrogens with one attached hydrogen (secondary N) is 1. The summed E-state index contributed by atoms with van der Waals surface area (Å²) in [6, 6.07) is 1.81. The Kier molecular flexibility index (Phi) is 5.53. The van der Waals surface area contributed by atoms with E-state index in [1.165, 1.54) is 0 Å². The molecule has 112 valence electrons. The predicted octanol–water partition coefficient (Wildman–Crippen LogP) is 4.01. The maximum absolute atomic E-state index is 13.4. The predicted molar refractivity (Wildman–Crippen MR) is 67.8 cm³/mol. The monoisotopic (exact) mass is 291 g/mol. The molecule has 0 radical (unpaired) electrons. The molecular formula is C14H17F4NO. The van der Waals surface area contributed by atoms with Crippen LogP contribution >= 0.6 is 0 Å². The third kappa shape index (κ3) is 4.83. The van der Waals surface area contributed by atoms with Gasteiger partial charge in [0.05, 0.1) is 11.1 Å². The smallest absolute Gasteiger partial charge is 0.352 e. The Morgan fingerprint density at radius 2 is 1.95 bits per heavy atom. The molecule has 0 aliphatic heterocycles. The molecule has 0 unspecified atom stereocenters. The van der Waals surface area contributed by atoms with Crippen LogP contribution in [0.1, 0.15) is 42.6 Å². The highest BCUT2D eigenvalue weighted by molar-refractivity contribution is 5.94. The minimum Gasteiger partial charge on any atom is -0.352 e. The summed E-state index contributed by atoms with van der Waals surface area (Å²) in [6.07, 6.45) is -3.02. The van der Waals surface area contributed by atoms with E-state index in [1.54, 1.807) is 0 Å². The number of benzene rings is 1. The lowest BCUT2D eigenvalue weighted by Crippen LogP contribution is -2.26. The van der Waals surface area contributed by atoms with E-state index in [9.17, 15) is 22.4 Å². The molecule has 0 fully saturated rings. The van der Waals surface area contributed by atoms with Crippen molar-refractivity contribution in [2.45, 2.75) is 32.9 Å². The van der Waals surface area contributed by atoms with Gasteiger partial charge in [-0.3, -0.25) is 4.79 Å². The largest absolute Gasteiger partial charge is 0.416 e. The molecule has 0 atom stereocenters. The lowest BCUT2D eigenvalue weighted by Gasteiger charge is -2.10. The van der Waals surface area contributed by atoms with Crippen LogP contribution in [0, 0.1) is 11.7 Å². The van der Waals surface area contributed by atoms with E-state index >= 15 is 0 Å². The Balaban J connectivity index is 2.72. The molecule has 0 saturated heterocycles. The van der Waals surface area contributed by atoms with E-state index < -0.39 is 29.0 Å². The van der Waals surface area contributed by atoms with Gasteiger partial charge in [0.15, 0.2) is 0 Å². The maximum Gasteiger partial charge on any atom is 0.416 e. The van der Waals surface area contributed by atoms with Crippen molar-refractivity contribution in [1.29, 1.82) is 0 Å². The summed E-state index contributed by atoms with van der Waals surface area (Å²) in [5.41, 5.74) is -1.62. The molecule has 2 nitrogen and oxygen atoms in total. The molecule has 0 spiro atoms. The Morgan fingerprint density at radius 3 is 2.50 bits per heavy atom. The van der Waals surface area contributed by atoms with Crippen molar-refractivity contribution in [3.63, 3.8) is 0 Å². The second-order valence-electron chi connectivity index (χ2n) is 4.98. The Labute approximate surface area is 115 Å². The van der Waals surface area contributed by atoms with E-state index in [-0.39, 0.29) is 0 Å². The SMILES string of the molecule is CC(C)CCCNC(=O)c1cc(C(F)(F)F)ccc1F. The van der Waals surface area contributed by atoms with Gasteiger partial charge >= 0.3 is 6.18 Å². The van der Waals surface area contributed by atoms with Crippen molar-refractivity contribution < 1.29 is 22.4 Å². The molecule has 1 aromatic rings. The first-order chi connectivity index (χ1) is 9.21. The van der Waals surface area contributed by atoms with Gasteiger partial charge in [-0.1, -0.05) is 13.8 Å². The van der Waals surface area contributed by atoms with Crippen molar-refractivity contribution in [3.8, 4) is 0 Å². The summed E-state index contributed by atoms with van der Waals surface area (Å²) in [5, 5.41) is 2.43. The first-order valence-corrected chi connectivity index (χ1v) is 6.36. The van der Waals surface area contributed by atoms with Crippen molar-refractivity contribution in [2.24, 2.45) is 5.92 Å². The fraction of sp³-hybridized carbons (Fsp3) is 0.500. The zero-order chi connectivity index (χ0) is 15.3. The molecule has 0 bridgehead atoms. The zero-order valence-corrected chi connectivity index (χ0v) is 11.4. The number of halogens is 4. The molecule has 0 saturated carbocycles. The lowest BCUT2D eigenvalue weighted by molar-refractivity contribution is -0.137. The van der Waals surface area contributed by atoms with Gasteiger partial charge in [-0.2, -0.15) is 13.2 Å². The van der Waals surface area contributed by atoms with Crippen LogP contribution < -0.4 is 5.32 Å². The quantitative estimate of drug-likeness (QED) is 0.644. The number of alkyl halides is 3. The molecule has 1 amide bonds. The molecular weight excluding hydrogens is 274 g/mol. The molecule has 1 aromatic carbocycles. The summed E-state index contributed by atoms with van der Waals surface area (Å²) in [4.78, 5) is 11.7. The summed E-state index contributed by atoms with van der Waals surface area (Å²) in [7, 11) is 0. The van der Waals surface area contributed by atoms with Gasteiger partial charge in [-0.05, 0) is 37.0 Å². The van der Waals surface area contributed by atoms with Gasteiger partial charge < -0.3 is 5.32 Å². The average Bonchev–Trinajstić information content (AvgIpc) is 2.33. The summed E-state index contributed by atoms with van der Waals surface area (Å²) in [6.45, 7) is 4.36. The second kappa shape index (κ2) is 6.72. The first-order valence-electron chi connectivity index (χ1n) is 6.36. The standard InChI is InChI=1S/C14H17F4NO/c1-9(2)4-3-7-19-13(20)11-8-10(14(16,17)18)5-6-12(11)15/h5-6,8-9H,3-4,7H2,1-2H3,(H,19,20). The number of hydrogen-bond acceptors (Lipinski definition) is 1. The second-order valence-corrected chi connectivity index (χ2v) is 4.98. The van der Waals surface area contributed by atoms with Crippen LogP contribution in [0.15, 0.2) is 18.2 Å². The lowest BCUT2D eigenvalue weighted by atomic mass is 10.1. The summed E-state index contributed by atoms with van der Waals surface area (Å²) in [5.74, 6) is -1.31. The van der Waals surface area contributed by atoms with Gasteiger partial charge in [0.2, 0.25) is 0 Å². The number of carbonyl (C=O) groups excluding carboxylic acids is 1. The Morgan fingerprint density at radius 1 is 1.30 bits per heavy atom. The molecule has 20 heavy (non-hydrogen) atoms. The van der Waals surface area contributed by atoms with Crippen molar-refractivity contribution >= 4 is 5.91 Å². The van der Waals surface area contributed by atoms with Gasteiger partial charge in [0.25, 0.3) is 5.91 Å².